The predicted octanol–water partition coefficient (Wildman–Crippen LogP) is 4.91. The Kier molecular flexibility index (Phi) is 3.93. The Morgan fingerprint density at radius 1 is 1.13 bits per heavy atom. The maximum absolute atomic E-state index is 11.1. The van der Waals surface area contributed by atoms with Crippen LogP contribution in [-0.4, -0.2) is 46.7 Å². The van der Waals surface area contributed by atoms with E-state index in [4.69, 9.17) is 22.9 Å². The Morgan fingerprint density at radius 2 is 1.77 bits per heavy atom. The first-order chi connectivity index (χ1) is 20.1. The Hall–Kier alpha value is -3.25. The third-order valence-corrected chi connectivity index (χ3v) is 3.99. The van der Waals surface area contributed by atoms with Gasteiger partial charge in [-0.15, -0.1) is 0 Å². The molecule has 3 aromatic rings. The number of ether oxygens (including phenoxy) is 1. The second-order valence-corrected chi connectivity index (χ2v) is 6.14. The monoisotopic (exact) mass is 432 g/mol. The summed E-state index contributed by atoms with van der Waals surface area (Å²) in [6.45, 7) is -15.5. The molecule has 0 radical (unpaired) electrons. The van der Waals surface area contributed by atoms with Crippen LogP contribution in [0.4, 0.5) is 5.82 Å². The second kappa shape index (κ2) is 11.2. The first-order valence-corrected chi connectivity index (χ1v) is 9.23. The topological polar surface area (TPSA) is 75.5 Å². The number of carbonyl (C=O) groups is 1. The first kappa shape index (κ1) is 10.9. The van der Waals surface area contributed by atoms with Crippen LogP contribution in [-0.2, 0) is 9.53 Å². The van der Waals surface area contributed by atoms with Crippen LogP contribution in [0.5, 0.6) is 0 Å². The lowest BCUT2D eigenvalue weighted by Gasteiger charge is -2.28. The predicted molar refractivity (Wildman–Crippen MR) is 123 cm³/mol. The van der Waals surface area contributed by atoms with E-state index in [0.717, 1.165) is 6.20 Å². The van der Waals surface area contributed by atoms with Crippen molar-refractivity contribution in [3.8, 4) is 22.5 Å². The molecule has 6 nitrogen and oxygen atoms in total. The lowest BCUT2D eigenvalue weighted by molar-refractivity contribution is -0.142. The van der Waals surface area contributed by atoms with Gasteiger partial charge in [0.1, 0.15) is 12.4 Å². The maximum atomic E-state index is 11.1. The van der Waals surface area contributed by atoms with Gasteiger partial charge in [-0.3, -0.25) is 4.98 Å². The molecule has 1 aromatic heterocycles. The van der Waals surface area contributed by atoms with E-state index >= 15 is 0 Å². The number of rotatable bonds is 11. The Bertz CT molecular complexity index is 1440. The molecule has 1 heterocycles. The number of anilines is 1. The Balaban J connectivity index is 2.31. The summed E-state index contributed by atoms with van der Waals surface area (Å²) in [6.07, 6.45) is -3.51. The van der Waals surface area contributed by atoms with Crippen LogP contribution in [0, 0.1) is 0 Å². The van der Waals surface area contributed by atoms with Crippen molar-refractivity contribution in [2.24, 2.45) is 0 Å². The lowest BCUT2D eigenvalue weighted by Crippen LogP contribution is -2.33. The van der Waals surface area contributed by atoms with E-state index in [-0.39, 0.29) is 16.3 Å². The highest BCUT2D eigenvalue weighted by Crippen LogP contribution is 2.30. The van der Waals surface area contributed by atoms with Gasteiger partial charge in [-0.05, 0) is 26.5 Å². The summed E-state index contributed by atoms with van der Waals surface area (Å²) in [5.41, 5.74) is 1.25. The molecule has 31 heavy (non-hydrogen) atoms. The van der Waals surface area contributed by atoms with Crippen molar-refractivity contribution in [3.63, 3.8) is 0 Å². The molecule has 6 heteroatoms. The molecule has 1 N–H and O–H groups in total. The number of nitrogens with zero attached hydrogens (tertiary/aromatic N) is 3. The molecule has 0 unspecified atom stereocenters. The molecule has 3 rings (SSSR count). The summed E-state index contributed by atoms with van der Waals surface area (Å²) in [7, 11) is 0. The molecule has 0 aliphatic carbocycles. The number of carboxylic acid groups (broad SMARTS) is 1. The normalized spacial score (nSPS) is 19.7. The van der Waals surface area contributed by atoms with Crippen LogP contribution in [0.15, 0.2) is 66.9 Å². The Morgan fingerprint density at radius 3 is 2.39 bits per heavy atom. The Labute approximate surface area is 201 Å². The van der Waals surface area contributed by atoms with Gasteiger partial charge in [-0.25, -0.2) is 9.78 Å². The van der Waals surface area contributed by atoms with Crippen LogP contribution in [0.3, 0.4) is 0 Å². The zero-order chi connectivity index (χ0) is 33.4. The first-order valence-electron chi connectivity index (χ1n) is 15.7. The van der Waals surface area contributed by atoms with Crippen molar-refractivity contribution in [1.82, 2.24) is 9.97 Å². The third kappa shape index (κ3) is 6.36. The average Bonchev–Trinajstić information content (AvgIpc) is 2.92. The highest BCUT2D eigenvalue weighted by molar-refractivity contribution is 5.78. The fraction of sp³-hybridized carbons (Fsp3) is 0.320. The van der Waals surface area contributed by atoms with Gasteiger partial charge in [0.05, 0.1) is 21.7 Å². The van der Waals surface area contributed by atoms with Crippen LogP contribution < -0.4 is 4.90 Å². The van der Waals surface area contributed by atoms with Crippen LogP contribution >= 0.6 is 0 Å². The van der Waals surface area contributed by atoms with Crippen molar-refractivity contribution in [2.45, 2.75) is 32.5 Å². The van der Waals surface area contributed by atoms with E-state index in [2.05, 4.69) is 14.7 Å². The average molecular weight is 433 g/mol. The minimum Gasteiger partial charge on any atom is -0.480 e. The molecular formula is C25H29N3O3. The highest BCUT2D eigenvalue weighted by atomic mass is 16.5. The van der Waals surface area contributed by atoms with Gasteiger partial charge in [-0.1, -0.05) is 60.7 Å². The molecule has 0 atom stereocenters. The van der Waals surface area contributed by atoms with Crippen LogP contribution in [0.2, 0.25) is 0 Å². The number of hydrogen-bond donors (Lipinski definition) is 1. The van der Waals surface area contributed by atoms with E-state index in [1.165, 1.54) is 0 Å². The molecule has 2 aromatic carbocycles. The number of aromatic nitrogens is 2. The van der Waals surface area contributed by atoms with Crippen molar-refractivity contribution >= 4 is 11.8 Å². The van der Waals surface area contributed by atoms with Crippen molar-refractivity contribution in [2.75, 3.05) is 24.6 Å². The van der Waals surface area contributed by atoms with Crippen molar-refractivity contribution < 1.29 is 32.5 Å². The van der Waals surface area contributed by atoms with E-state index < -0.39 is 64.0 Å². The quantitative estimate of drug-likeness (QED) is 0.464. The van der Waals surface area contributed by atoms with E-state index in [1.807, 2.05) is 0 Å². The summed E-state index contributed by atoms with van der Waals surface area (Å²) in [6, 6.07) is 13.0. The fourth-order valence-electron chi connectivity index (χ4n) is 2.67. The SMILES string of the molecule is [2H]C([2H])(OCCC([2H])([2H])C([2H])([2H])N(c1cnc(-c2ccccc2)c(-c2ccccc2)n1)C([2H])(C([2H])([2H])[2H])C([2H])([2H])[2H])C(=O)O. The van der Waals surface area contributed by atoms with Gasteiger partial charge in [0.2, 0.25) is 0 Å². The largest absolute Gasteiger partial charge is 0.480 e. The maximum Gasteiger partial charge on any atom is 0.329 e. The van der Waals surface area contributed by atoms with E-state index in [0.29, 0.717) is 11.1 Å². The standard InChI is InChI=1S/C25H29N3O3/c1-19(2)28(15-9-10-16-31-18-23(29)30)22-17-26-24(20-11-5-3-6-12-20)25(27-22)21-13-7-4-8-14-21/h3-8,11-14,17,19H,9-10,15-16,18H2,1-2H3,(H,29,30)/i1D3,2D3,9D2,15D2,18D2,19D. The minimum absolute atomic E-state index is 0.0482. The summed E-state index contributed by atoms with van der Waals surface area (Å²) in [5.74, 6) is -2.82. The zero-order valence-electron chi connectivity index (χ0n) is 29.4. The van der Waals surface area contributed by atoms with Gasteiger partial charge in [-0.2, -0.15) is 0 Å². The van der Waals surface area contributed by atoms with Crippen LogP contribution in [0.1, 0.15) is 44.3 Å². The van der Waals surface area contributed by atoms with E-state index in [1.54, 1.807) is 60.7 Å². The molecular weight excluding hydrogens is 390 g/mol. The van der Waals surface area contributed by atoms with Crippen LogP contribution in [0.25, 0.3) is 22.5 Å². The van der Waals surface area contributed by atoms with Crippen molar-refractivity contribution in [3.05, 3.63) is 66.9 Å². The highest BCUT2D eigenvalue weighted by Gasteiger charge is 2.17. The van der Waals surface area contributed by atoms with Crippen molar-refractivity contribution in [1.29, 1.82) is 0 Å². The summed E-state index contributed by atoms with van der Waals surface area (Å²) >= 11 is 0. The summed E-state index contributed by atoms with van der Waals surface area (Å²) in [5, 5.41) is 8.94. The second-order valence-electron chi connectivity index (χ2n) is 6.14. The molecule has 0 bridgehead atoms. The molecule has 0 amide bonds. The van der Waals surface area contributed by atoms with Gasteiger partial charge < -0.3 is 14.7 Å². The number of benzene rings is 2. The molecule has 0 aliphatic rings. The minimum atomic E-state index is -3.84. The van der Waals surface area contributed by atoms with Gasteiger partial charge in [0.15, 0.2) is 0 Å². The summed E-state index contributed by atoms with van der Waals surface area (Å²) < 4.78 is 111. The summed E-state index contributed by atoms with van der Waals surface area (Å²) in [4.78, 5) is 19.7. The lowest BCUT2D eigenvalue weighted by atomic mass is 10.0. The molecule has 0 aliphatic heterocycles. The van der Waals surface area contributed by atoms with Gasteiger partial charge >= 0.3 is 5.97 Å². The molecule has 0 saturated carbocycles. The van der Waals surface area contributed by atoms with E-state index in [9.17, 15) is 4.79 Å². The number of aliphatic carboxylic acids is 1. The third-order valence-electron chi connectivity index (χ3n) is 3.99. The molecule has 0 spiro atoms. The number of hydrogen-bond acceptors (Lipinski definition) is 5. The number of carboxylic acids is 1. The molecule has 162 valence electrons. The van der Waals surface area contributed by atoms with Gasteiger partial charge in [0, 0.05) is 44.0 Å². The molecule has 0 fully saturated rings. The zero-order valence-corrected chi connectivity index (χ0v) is 16.4. The molecule has 0 saturated heterocycles. The fourth-order valence-corrected chi connectivity index (χ4v) is 2.67. The van der Waals surface area contributed by atoms with Gasteiger partial charge in [0.25, 0.3) is 0 Å². The smallest absolute Gasteiger partial charge is 0.329 e.